The molecule has 3 aromatic rings. The number of nitrogens with one attached hydrogen (secondary N) is 2. The Bertz CT molecular complexity index is 1110. The first-order valence-electron chi connectivity index (χ1n) is 9.56. The third-order valence-corrected chi connectivity index (χ3v) is 5.25. The van der Waals surface area contributed by atoms with E-state index >= 15 is 0 Å². The number of H-pyrrole nitrogens is 1. The van der Waals surface area contributed by atoms with E-state index < -0.39 is 17.8 Å². The molecule has 0 radical (unpaired) electrons. The van der Waals surface area contributed by atoms with Crippen molar-refractivity contribution in [2.45, 2.75) is 38.5 Å². The molecular weight excluding hydrogens is 449 g/mol. The Hall–Kier alpha value is -2.65. The highest BCUT2D eigenvalue weighted by Gasteiger charge is 2.31. The topological polar surface area (TPSA) is 62.7 Å². The van der Waals surface area contributed by atoms with E-state index in [1.165, 1.54) is 10.6 Å². The van der Waals surface area contributed by atoms with E-state index in [0.29, 0.717) is 34.8 Å². The normalized spacial score (nSPS) is 12.5. The van der Waals surface area contributed by atoms with E-state index in [2.05, 4.69) is 15.5 Å². The van der Waals surface area contributed by atoms with Gasteiger partial charge in [-0.3, -0.25) is 14.5 Å². The minimum Gasteiger partial charge on any atom is -0.348 e. The molecule has 0 aliphatic rings. The Labute approximate surface area is 187 Å². The summed E-state index contributed by atoms with van der Waals surface area (Å²) in [4.78, 5) is 12.8. The number of carbonyl (C=O) groups is 1. The van der Waals surface area contributed by atoms with E-state index in [4.69, 9.17) is 23.8 Å². The van der Waals surface area contributed by atoms with Gasteiger partial charge >= 0.3 is 6.18 Å². The fourth-order valence-corrected chi connectivity index (χ4v) is 3.53. The molecule has 164 valence electrons. The van der Waals surface area contributed by atoms with E-state index in [1.807, 2.05) is 6.92 Å². The lowest BCUT2D eigenvalue weighted by molar-refractivity contribution is -0.137. The van der Waals surface area contributed by atoms with Crippen LogP contribution in [0.15, 0.2) is 48.5 Å². The first kappa shape index (κ1) is 23.0. The molecule has 2 aromatic carbocycles. The number of aromatic nitrogens is 3. The maximum absolute atomic E-state index is 13.1. The van der Waals surface area contributed by atoms with Crippen molar-refractivity contribution in [3.63, 3.8) is 0 Å². The number of hydrogen-bond donors (Lipinski definition) is 2. The average molecular weight is 469 g/mol. The molecule has 31 heavy (non-hydrogen) atoms. The second-order valence-electron chi connectivity index (χ2n) is 6.98. The molecule has 0 bridgehead atoms. The monoisotopic (exact) mass is 468 g/mol. The van der Waals surface area contributed by atoms with Crippen LogP contribution in [0.4, 0.5) is 13.2 Å². The first-order valence-corrected chi connectivity index (χ1v) is 10.4. The summed E-state index contributed by atoms with van der Waals surface area (Å²) in [5.41, 5.74) is 0.369. The van der Waals surface area contributed by atoms with Gasteiger partial charge in [-0.15, -0.1) is 0 Å². The largest absolute Gasteiger partial charge is 0.416 e. The predicted octanol–water partition coefficient (Wildman–Crippen LogP) is 5.94. The molecule has 2 N–H and O–H groups in total. The molecule has 1 unspecified atom stereocenters. The molecule has 10 heteroatoms. The summed E-state index contributed by atoms with van der Waals surface area (Å²) in [7, 11) is 0. The summed E-state index contributed by atoms with van der Waals surface area (Å²) in [6.45, 7) is 1.77. The molecule has 0 aliphatic carbocycles. The van der Waals surface area contributed by atoms with Gasteiger partial charge in [0.25, 0.3) is 0 Å². The fraction of sp³-hybridized carbons (Fsp3) is 0.286. The molecule has 0 saturated carbocycles. The molecular formula is C21H20ClF3N4OS. The highest BCUT2D eigenvalue weighted by atomic mass is 35.5. The first-order chi connectivity index (χ1) is 14.7. The van der Waals surface area contributed by atoms with Gasteiger partial charge in [-0.2, -0.15) is 18.3 Å². The van der Waals surface area contributed by atoms with Crippen LogP contribution in [0.1, 0.15) is 36.9 Å². The molecule has 1 aromatic heterocycles. The van der Waals surface area contributed by atoms with Crippen molar-refractivity contribution in [3.8, 4) is 11.4 Å². The maximum Gasteiger partial charge on any atom is 0.416 e. The van der Waals surface area contributed by atoms with Gasteiger partial charge in [-0.05, 0) is 60.6 Å². The Morgan fingerprint density at radius 2 is 1.97 bits per heavy atom. The van der Waals surface area contributed by atoms with E-state index in [9.17, 15) is 18.0 Å². The summed E-state index contributed by atoms with van der Waals surface area (Å²) in [6, 6.07) is 11.4. The van der Waals surface area contributed by atoms with E-state index in [1.54, 1.807) is 30.3 Å². The van der Waals surface area contributed by atoms with E-state index in [-0.39, 0.29) is 17.2 Å². The van der Waals surface area contributed by atoms with Crippen molar-refractivity contribution in [1.29, 1.82) is 0 Å². The minimum absolute atomic E-state index is 0.132. The number of nitrogens with zero attached hydrogens (tertiary/aromatic N) is 2. The second-order valence-corrected chi connectivity index (χ2v) is 7.80. The van der Waals surface area contributed by atoms with Gasteiger partial charge in [0.1, 0.15) is 6.54 Å². The number of rotatable bonds is 7. The molecule has 1 heterocycles. The molecule has 0 saturated heterocycles. The van der Waals surface area contributed by atoms with Crippen LogP contribution in [0, 0.1) is 4.77 Å². The molecule has 0 spiro atoms. The quantitative estimate of drug-likeness (QED) is 0.422. The van der Waals surface area contributed by atoms with Crippen LogP contribution in [-0.2, 0) is 17.5 Å². The van der Waals surface area contributed by atoms with Crippen molar-refractivity contribution in [2.75, 3.05) is 0 Å². The number of benzene rings is 2. The van der Waals surface area contributed by atoms with Crippen molar-refractivity contribution >= 4 is 29.7 Å². The van der Waals surface area contributed by atoms with Crippen LogP contribution in [0.2, 0.25) is 5.02 Å². The molecule has 1 amide bonds. The smallest absolute Gasteiger partial charge is 0.348 e. The number of amides is 1. The summed E-state index contributed by atoms with van der Waals surface area (Å²) < 4.78 is 41.0. The summed E-state index contributed by atoms with van der Waals surface area (Å²) >= 11 is 11.2. The standard InChI is InChI=1S/C21H20ClF3N4OS/c1-2-4-17(14-5-3-6-15(11-14)21(23,24)25)26-18(30)12-29-19(27-28-20(29)31)13-7-9-16(22)10-8-13/h3,5-11,17H,2,4,12H2,1H3,(H,26,30)(H,28,31). The molecule has 0 fully saturated rings. The molecule has 5 nitrogen and oxygen atoms in total. The number of alkyl halides is 3. The van der Waals surface area contributed by atoms with Crippen LogP contribution < -0.4 is 5.32 Å². The third-order valence-electron chi connectivity index (χ3n) is 4.69. The number of aromatic amines is 1. The minimum atomic E-state index is -4.45. The Morgan fingerprint density at radius 1 is 1.26 bits per heavy atom. The van der Waals surface area contributed by atoms with E-state index in [0.717, 1.165) is 12.1 Å². The second kappa shape index (κ2) is 9.65. The lowest BCUT2D eigenvalue weighted by atomic mass is 10.00. The zero-order valence-electron chi connectivity index (χ0n) is 16.5. The lowest BCUT2D eigenvalue weighted by Gasteiger charge is -2.20. The van der Waals surface area contributed by atoms with Gasteiger partial charge in [0, 0.05) is 10.6 Å². The molecule has 3 rings (SSSR count). The highest BCUT2D eigenvalue weighted by molar-refractivity contribution is 7.71. The van der Waals surface area contributed by atoms with Crippen LogP contribution in [0.25, 0.3) is 11.4 Å². The lowest BCUT2D eigenvalue weighted by Crippen LogP contribution is -2.32. The van der Waals surface area contributed by atoms with Crippen molar-refractivity contribution in [2.24, 2.45) is 0 Å². The van der Waals surface area contributed by atoms with Crippen LogP contribution in [0.5, 0.6) is 0 Å². The average Bonchev–Trinajstić information content (AvgIpc) is 3.08. The SMILES string of the molecule is CCCC(NC(=O)Cn1c(-c2ccc(Cl)cc2)n[nH]c1=S)c1cccc(C(F)(F)F)c1. The highest BCUT2D eigenvalue weighted by Crippen LogP contribution is 2.31. The molecule has 1 atom stereocenters. The maximum atomic E-state index is 13.1. The van der Waals surface area contributed by atoms with Gasteiger partial charge in [-0.25, -0.2) is 0 Å². The number of carbonyl (C=O) groups excluding carboxylic acids is 1. The summed E-state index contributed by atoms with van der Waals surface area (Å²) in [5.74, 6) is 0.0755. The van der Waals surface area contributed by atoms with Gasteiger partial charge in [0.15, 0.2) is 10.6 Å². The van der Waals surface area contributed by atoms with Crippen LogP contribution >= 0.6 is 23.8 Å². The van der Waals surface area contributed by atoms with Crippen LogP contribution in [-0.4, -0.2) is 20.7 Å². The van der Waals surface area contributed by atoms with Gasteiger partial charge < -0.3 is 5.32 Å². The number of hydrogen-bond acceptors (Lipinski definition) is 3. The predicted molar refractivity (Wildman–Crippen MR) is 115 cm³/mol. The van der Waals surface area contributed by atoms with Crippen molar-refractivity contribution < 1.29 is 18.0 Å². The van der Waals surface area contributed by atoms with Crippen LogP contribution in [0.3, 0.4) is 0 Å². The number of halogens is 4. The van der Waals surface area contributed by atoms with Gasteiger partial charge in [-0.1, -0.05) is 37.1 Å². The van der Waals surface area contributed by atoms with Gasteiger partial charge in [0.05, 0.1) is 11.6 Å². The summed E-state index contributed by atoms with van der Waals surface area (Å²) in [5, 5.41) is 10.2. The van der Waals surface area contributed by atoms with Gasteiger partial charge in [0.2, 0.25) is 5.91 Å². The Morgan fingerprint density at radius 3 is 2.61 bits per heavy atom. The van der Waals surface area contributed by atoms with Crippen molar-refractivity contribution in [1.82, 2.24) is 20.1 Å². The van der Waals surface area contributed by atoms with Crippen molar-refractivity contribution in [3.05, 3.63) is 69.5 Å². The molecule has 0 aliphatic heterocycles. The Kier molecular flexibility index (Phi) is 7.17. The Balaban J connectivity index is 1.81. The fourth-order valence-electron chi connectivity index (χ4n) is 3.21. The summed E-state index contributed by atoms with van der Waals surface area (Å²) in [6.07, 6.45) is -3.27. The third kappa shape index (κ3) is 5.74. The zero-order valence-corrected chi connectivity index (χ0v) is 18.1. The zero-order chi connectivity index (χ0) is 22.6.